The molecule has 0 atom stereocenters. The van der Waals surface area contributed by atoms with Gasteiger partial charge in [-0.1, -0.05) is 11.6 Å². The molecule has 2 aromatic rings. The molecule has 0 bridgehead atoms. The molecule has 0 radical (unpaired) electrons. The molecule has 1 N–H and O–H groups in total. The van der Waals surface area contributed by atoms with Crippen LogP contribution < -0.4 is 5.32 Å². The third-order valence-electron chi connectivity index (χ3n) is 2.50. The lowest BCUT2D eigenvalue weighted by Gasteiger charge is -2.11. The molecular weight excluding hydrogens is 311 g/mol. The van der Waals surface area contributed by atoms with E-state index in [0.717, 1.165) is 23.7 Å². The Morgan fingerprint density at radius 1 is 1.40 bits per heavy atom. The van der Waals surface area contributed by atoms with Crippen LogP contribution in [0.15, 0.2) is 18.2 Å². The maximum absolute atomic E-state index is 12.7. The number of hydrogen-bond donors (Lipinski definition) is 1. The number of aryl methyl sites for hydroxylation is 1. The minimum absolute atomic E-state index is 0.196. The fourth-order valence-electron chi connectivity index (χ4n) is 1.54. The monoisotopic (exact) mass is 317 g/mol. The summed E-state index contributed by atoms with van der Waals surface area (Å²) in [5, 5.41) is 11.8. The largest absolute Gasteiger partial charge is 0.417 e. The number of anilines is 2. The van der Waals surface area contributed by atoms with E-state index in [4.69, 9.17) is 16.9 Å². The average Bonchev–Trinajstić information content (AvgIpc) is 2.71. The maximum Gasteiger partial charge on any atom is 0.417 e. The van der Waals surface area contributed by atoms with E-state index in [0.29, 0.717) is 16.3 Å². The van der Waals surface area contributed by atoms with Gasteiger partial charge in [0, 0.05) is 5.69 Å². The van der Waals surface area contributed by atoms with Gasteiger partial charge < -0.3 is 5.32 Å². The van der Waals surface area contributed by atoms with E-state index in [1.54, 1.807) is 6.92 Å². The zero-order valence-corrected chi connectivity index (χ0v) is 11.6. The van der Waals surface area contributed by atoms with E-state index in [1.165, 1.54) is 6.07 Å². The van der Waals surface area contributed by atoms with Crippen molar-refractivity contribution in [3.8, 4) is 6.07 Å². The summed E-state index contributed by atoms with van der Waals surface area (Å²) in [4.78, 5) is 0. The lowest BCUT2D eigenvalue weighted by Crippen LogP contribution is -2.06. The molecule has 0 saturated heterocycles. The van der Waals surface area contributed by atoms with E-state index < -0.39 is 11.7 Å². The van der Waals surface area contributed by atoms with Crippen molar-refractivity contribution in [2.45, 2.75) is 13.1 Å². The molecule has 2 rings (SSSR count). The zero-order chi connectivity index (χ0) is 14.9. The molecule has 104 valence electrons. The Balaban J connectivity index is 2.38. The highest BCUT2D eigenvalue weighted by Gasteiger charge is 2.33. The topological polar surface area (TPSA) is 48.7 Å². The first kappa shape index (κ1) is 14.6. The lowest BCUT2D eigenvalue weighted by molar-refractivity contribution is -0.137. The molecule has 0 spiro atoms. The Labute approximate surface area is 121 Å². The summed E-state index contributed by atoms with van der Waals surface area (Å²) >= 11 is 6.55. The Morgan fingerprint density at radius 3 is 2.70 bits per heavy atom. The van der Waals surface area contributed by atoms with Crippen LogP contribution in [0.4, 0.5) is 23.9 Å². The van der Waals surface area contributed by atoms with E-state index in [2.05, 4.69) is 9.69 Å². The van der Waals surface area contributed by atoms with Crippen LogP contribution in [0.25, 0.3) is 0 Å². The van der Waals surface area contributed by atoms with Crippen LogP contribution in [0.5, 0.6) is 0 Å². The number of nitriles is 1. The van der Waals surface area contributed by atoms with Crippen molar-refractivity contribution in [1.29, 1.82) is 5.26 Å². The second-order valence-electron chi connectivity index (χ2n) is 3.90. The molecular formula is C12H7ClF3N3S. The molecule has 20 heavy (non-hydrogen) atoms. The third-order valence-corrected chi connectivity index (χ3v) is 3.69. The van der Waals surface area contributed by atoms with Crippen molar-refractivity contribution in [2.75, 3.05) is 5.32 Å². The van der Waals surface area contributed by atoms with Crippen LogP contribution in [0.2, 0.25) is 5.02 Å². The maximum atomic E-state index is 12.7. The van der Waals surface area contributed by atoms with Gasteiger partial charge in [0.1, 0.15) is 16.6 Å². The fourth-order valence-corrected chi connectivity index (χ4v) is 2.53. The molecule has 0 amide bonds. The third kappa shape index (κ3) is 2.86. The normalized spacial score (nSPS) is 11.2. The van der Waals surface area contributed by atoms with Gasteiger partial charge in [-0.2, -0.15) is 22.8 Å². The highest BCUT2D eigenvalue weighted by molar-refractivity contribution is 7.10. The van der Waals surface area contributed by atoms with Gasteiger partial charge in [-0.25, -0.2) is 0 Å². The van der Waals surface area contributed by atoms with Gasteiger partial charge in [-0.05, 0) is 36.7 Å². The average molecular weight is 318 g/mol. The molecule has 8 heteroatoms. The summed E-state index contributed by atoms with van der Waals surface area (Å²) in [5.74, 6) is 0. The Morgan fingerprint density at radius 2 is 2.10 bits per heavy atom. The number of alkyl halides is 3. The van der Waals surface area contributed by atoms with Crippen LogP contribution in [0.1, 0.15) is 16.8 Å². The molecule has 0 aliphatic heterocycles. The van der Waals surface area contributed by atoms with Gasteiger partial charge in [-0.15, -0.1) is 0 Å². The van der Waals surface area contributed by atoms with Crippen molar-refractivity contribution in [2.24, 2.45) is 0 Å². The van der Waals surface area contributed by atoms with E-state index in [1.807, 2.05) is 6.07 Å². The number of nitrogens with one attached hydrogen (secondary N) is 1. The van der Waals surface area contributed by atoms with E-state index in [-0.39, 0.29) is 10.7 Å². The molecule has 3 nitrogen and oxygen atoms in total. The van der Waals surface area contributed by atoms with E-state index in [9.17, 15) is 13.2 Å². The Kier molecular flexibility index (Phi) is 3.88. The number of aromatic nitrogens is 1. The number of nitrogens with zero attached hydrogens (tertiary/aromatic N) is 2. The minimum atomic E-state index is -4.53. The van der Waals surface area contributed by atoms with Gasteiger partial charge in [0.05, 0.1) is 16.3 Å². The summed E-state index contributed by atoms with van der Waals surface area (Å²) in [6.07, 6.45) is -4.53. The number of rotatable bonds is 2. The minimum Gasteiger partial charge on any atom is -0.345 e. The Hall–Kier alpha value is -1.78. The second-order valence-corrected chi connectivity index (χ2v) is 5.08. The fraction of sp³-hybridized carbons (Fsp3) is 0.167. The smallest absolute Gasteiger partial charge is 0.345 e. The van der Waals surface area contributed by atoms with Gasteiger partial charge in [-0.3, -0.25) is 0 Å². The van der Waals surface area contributed by atoms with E-state index >= 15 is 0 Å². The van der Waals surface area contributed by atoms with Crippen molar-refractivity contribution in [3.63, 3.8) is 0 Å². The van der Waals surface area contributed by atoms with Crippen LogP contribution in [-0.2, 0) is 6.18 Å². The number of halogens is 4. The Bertz CT molecular complexity index is 688. The SMILES string of the molecule is Cc1nsc(Nc2ccc(Cl)c(C(F)(F)F)c2)c1C#N. The van der Waals surface area contributed by atoms with Crippen molar-refractivity contribution < 1.29 is 13.2 Å². The first-order valence-electron chi connectivity index (χ1n) is 5.33. The standard InChI is InChI=1S/C12H7ClF3N3S/c1-6-8(5-17)11(20-19-6)18-7-2-3-10(13)9(4-7)12(14,15)16/h2-4,18H,1H3. The predicted molar refractivity (Wildman–Crippen MR) is 71.3 cm³/mol. The molecule has 1 aromatic carbocycles. The van der Waals surface area contributed by atoms with Crippen LogP contribution in [-0.4, -0.2) is 4.37 Å². The highest BCUT2D eigenvalue weighted by Crippen LogP contribution is 2.37. The molecule has 0 aliphatic carbocycles. The second kappa shape index (κ2) is 5.31. The van der Waals surface area contributed by atoms with Crippen molar-refractivity contribution in [1.82, 2.24) is 4.37 Å². The van der Waals surface area contributed by atoms with Gasteiger partial charge in [0.25, 0.3) is 0 Å². The first-order chi connectivity index (χ1) is 9.32. The summed E-state index contributed by atoms with van der Waals surface area (Å²) in [6, 6.07) is 5.43. The predicted octanol–water partition coefficient (Wildman–Crippen LogP) is 4.74. The molecule has 0 aliphatic rings. The van der Waals surface area contributed by atoms with Crippen molar-refractivity contribution >= 4 is 33.8 Å². The summed E-state index contributed by atoms with van der Waals surface area (Å²) in [7, 11) is 0. The van der Waals surface area contributed by atoms with Gasteiger partial charge in [0.15, 0.2) is 0 Å². The van der Waals surface area contributed by atoms with Crippen LogP contribution >= 0.6 is 23.1 Å². The molecule has 0 saturated carbocycles. The van der Waals surface area contributed by atoms with Crippen LogP contribution in [0, 0.1) is 18.3 Å². The van der Waals surface area contributed by atoms with Gasteiger partial charge in [0.2, 0.25) is 0 Å². The number of hydrogen-bond acceptors (Lipinski definition) is 4. The van der Waals surface area contributed by atoms with Crippen molar-refractivity contribution in [3.05, 3.63) is 40.0 Å². The summed E-state index contributed by atoms with van der Waals surface area (Å²) < 4.78 is 42.2. The summed E-state index contributed by atoms with van der Waals surface area (Å²) in [5.41, 5.74) is 0.120. The molecule has 0 unspecified atom stereocenters. The number of benzene rings is 1. The first-order valence-corrected chi connectivity index (χ1v) is 6.48. The molecule has 1 heterocycles. The van der Waals surface area contributed by atoms with Gasteiger partial charge >= 0.3 is 6.18 Å². The highest BCUT2D eigenvalue weighted by atomic mass is 35.5. The molecule has 0 fully saturated rings. The quantitative estimate of drug-likeness (QED) is 0.870. The zero-order valence-electron chi connectivity index (χ0n) is 10.0. The summed E-state index contributed by atoms with van der Waals surface area (Å²) in [6.45, 7) is 1.66. The molecule has 1 aromatic heterocycles. The lowest BCUT2D eigenvalue weighted by atomic mass is 10.2. The van der Waals surface area contributed by atoms with Crippen LogP contribution in [0.3, 0.4) is 0 Å².